The summed E-state index contributed by atoms with van der Waals surface area (Å²) in [7, 11) is 0. The Morgan fingerprint density at radius 3 is 1.81 bits per heavy atom. The molecule has 1 amide bonds. The normalized spacial score (nSPS) is 12.9. The summed E-state index contributed by atoms with van der Waals surface area (Å²) in [5.41, 5.74) is 2.41. The molecule has 0 spiro atoms. The lowest BCUT2D eigenvalue weighted by atomic mass is 9.98. The molecule has 0 bridgehead atoms. The van der Waals surface area contributed by atoms with Gasteiger partial charge in [0, 0.05) is 17.9 Å². The van der Waals surface area contributed by atoms with Gasteiger partial charge in [0.1, 0.15) is 19.3 Å². The van der Waals surface area contributed by atoms with Crippen LogP contribution in [-0.2, 0) is 30.2 Å². The summed E-state index contributed by atoms with van der Waals surface area (Å²) in [6, 6.07) is 13.1. The summed E-state index contributed by atoms with van der Waals surface area (Å²) in [5, 5.41) is 10.8. The second kappa shape index (κ2) is 14.9. The number of carbonyl (C=O) groups excluding carboxylic acids is 2. The maximum atomic E-state index is 14.4. The average molecular weight is 610 g/mol. The van der Waals surface area contributed by atoms with Gasteiger partial charge in [0.2, 0.25) is 5.82 Å². The molecule has 1 aliphatic rings. The molecule has 0 radical (unpaired) electrons. The van der Waals surface area contributed by atoms with Gasteiger partial charge >= 0.3 is 12.1 Å². The molecule has 0 aliphatic heterocycles. The number of amides is 1. The van der Waals surface area contributed by atoms with Crippen molar-refractivity contribution in [2.75, 3.05) is 46.2 Å². The first-order chi connectivity index (χ1) is 20.7. The number of aliphatic hydroxyl groups is 1. The highest BCUT2D eigenvalue weighted by Gasteiger charge is 2.33. The van der Waals surface area contributed by atoms with Crippen LogP contribution in [0.1, 0.15) is 22.6 Å². The zero-order valence-electron chi connectivity index (χ0n) is 22.7. The summed E-state index contributed by atoms with van der Waals surface area (Å²) in [6.45, 7) is -0.466. The van der Waals surface area contributed by atoms with Crippen LogP contribution in [0.3, 0.4) is 0 Å². The number of alkyl carbamates (subject to hydrolysis) is 1. The van der Waals surface area contributed by atoms with Gasteiger partial charge in [-0.3, -0.25) is 0 Å². The maximum absolute atomic E-state index is 14.4. The van der Waals surface area contributed by atoms with Crippen molar-refractivity contribution in [3.63, 3.8) is 0 Å². The minimum Gasteiger partial charge on any atom is -0.462 e. The third-order valence-electron chi connectivity index (χ3n) is 6.71. The second-order valence-electron chi connectivity index (χ2n) is 9.39. The van der Waals surface area contributed by atoms with Crippen molar-refractivity contribution >= 4 is 12.1 Å². The van der Waals surface area contributed by atoms with E-state index < -0.39 is 59.2 Å². The van der Waals surface area contributed by atoms with E-state index in [4.69, 9.17) is 24.1 Å². The first kappa shape index (κ1) is 31.9. The second-order valence-corrected chi connectivity index (χ2v) is 9.39. The molecule has 0 saturated heterocycles. The van der Waals surface area contributed by atoms with E-state index in [1.165, 1.54) is 0 Å². The van der Waals surface area contributed by atoms with Crippen LogP contribution >= 0.6 is 0 Å². The van der Waals surface area contributed by atoms with Crippen LogP contribution in [0.25, 0.3) is 11.1 Å². The predicted octanol–water partition coefficient (Wildman–Crippen LogP) is 4.40. The summed E-state index contributed by atoms with van der Waals surface area (Å²) >= 11 is 0. The fraction of sp³-hybridized carbons (Fsp3) is 0.333. The standard InChI is InChI=1S/C30H28F5NO7/c31-24-21(25(32)27(34)28(35)26(24)33)15-23(29(38)42-14-13-41-12-11-40-10-9-37)36-30(39)43-16-22-19-7-3-1-5-17(19)18-6-2-4-8-20(18)22/h1-8,22-23,37H,9-16H2,(H,36,39)/t23-/m0/s1. The molecule has 1 aliphatic carbocycles. The molecule has 43 heavy (non-hydrogen) atoms. The van der Waals surface area contributed by atoms with Crippen molar-refractivity contribution in [1.29, 1.82) is 0 Å². The lowest BCUT2D eigenvalue weighted by molar-refractivity contribution is -0.147. The van der Waals surface area contributed by atoms with Gasteiger partial charge in [0.15, 0.2) is 23.3 Å². The van der Waals surface area contributed by atoms with Crippen molar-refractivity contribution in [3.05, 3.63) is 94.3 Å². The van der Waals surface area contributed by atoms with Gasteiger partial charge in [-0.1, -0.05) is 48.5 Å². The molecule has 3 aromatic rings. The summed E-state index contributed by atoms with van der Waals surface area (Å²) in [5.74, 6) is -12.6. The van der Waals surface area contributed by atoms with Crippen LogP contribution in [0.5, 0.6) is 0 Å². The van der Waals surface area contributed by atoms with E-state index >= 15 is 0 Å². The van der Waals surface area contributed by atoms with E-state index in [1.54, 1.807) is 0 Å². The van der Waals surface area contributed by atoms with Gasteiger partial charge < -0.3 is 29.4 Å². The third-order valence-corrected chi connectivity index (χ3v) is 6.71. The van der Waals surface area contributed by atoms with E-state index in [0.29, 0.717) is 0 Å². The predicted molar refractivity (Wildman–Crippen MR) is 142 cm³/mol. The van der Waals surface area contributed by atoms with E-state index in [2.05, 4.69) is 5.32 Å². The number of halogens is 5. The highest BCUT2D eigenvalue weighted by Crippen LogP contribution is 2.44. The Kier molecular flexibility index (Phi) is 11.0. The molecule has 13 heteroatoms. The maximum Gasteiger partial charge on any atom is 0.407 e. The highest BCUT2D eigenvalue weighted by atomic mass is 19.2. The fourth-order valence-corrected chi connectivity index (χ4v) is 4.70. The van der Waals surface area contributed by atoms with Crippen LogP contribution in [-0.4, -0.2) is 69.5 Å². The number of aliphatic hydroxyl groups excluding tert-OH is 1. The number of hydrogen-bond donors (Lipinski definition) is 2. The molecule has 2 N–H and O–H groups in total. The van der Waals surface area contributed by atoms with Crippen molar-refractivity contribution in [2.45, 2.75) is 18.4 Å². The van der Waals surface area contributed by atoms with Gasteiger partial charge in [0.25, 0.3) is 0 Å². The number of rotatable bonds is 14. The van der Waals surface area contributed by atoms with Gasteiger partial charge in [-0.05, 0) is 22.3 Å². The molecule has 0 heterocycles. The number of fused-ring (bicyclic) bond motifs is 3. The molecule has 0 aromatic heterocycles. The smallest absolute Gasteiger partial charge is 0.407 e. The van der Waals surface area contributed by atoms with E-state index in [-0.39, 0.29) is 52.2 Å². The number of ether oxygens (including phenoxy) is 4. The number of esters is 1. The van der Waals surface area contributed by atoms with Crippen LogP contribution in [0.4, 0.5) is 26.7 Å². The molecule has 4 rings (SSSR count). The molecular weight excluding hydrogens is 581 g/mol. The van der Waals surface area contributed by atoms with Crippen LogP contribution < -0.4 is 5.32 Å². The van der Waals surface area contributed by atoms with Gasteiger partial charge in [-0.25, -0.2) is 31.5 Å². The van der Waals surface area contributed by atoms with Crippen LogP contribution in [0, 0.1) is 29.1 Å². The Hall–Kier alpha value is -4.07. The number of hydrogen-bond acceptors (Lipinski definition) is 7. The molecule has 3 aromatic carbocycles. The topological polar surface area (TPSA) is 103 Å². The molecule has 1 atom stereocenters. The minimum atomic E-state index is -2.36. The minimum absolute atomic E-state index is 0.101. The van der Waals surface area contributed by atoms with Crippen molar-refractivity contribution in [2.24, 2.45) is 0 Å². The molecule has 0 fully saturated rings. The number of nitrogens with one attached hydrogen (secondary N) is 1. The number of benzene rings is 3. The van der Waals surface area contributed by atoms with Gasteiger partial charge in [-0.2, -0.15) is 0 Å². The van der Waals surface area contributed by atoms with E-state index in [9.17, 15) is 31.5 Å². The largest absolute Gasteiger partial charge is 0.462 e. The summed E-state index contributed by atoms with van der Waals surface area (Å²) < 4.78 is 90.6. The van der Waals surface area contributed by atoms with Gasteiger partial charge in [-0.15, -0.1) is 0 Å². The Balaban J connectivity index is 1.44. The lowest BCUT2D eigenvalue weighted by Gasteiger charge is -2.20. The molecule has 230 valence electrons. The summed E-state index contributed by atoms with van der Waals surface area (Å²) in [6.07, 6.45) is -2.30. The molecule has 0 unspecified atom stereocenters. The zero-order chi connectivity index (χ0) is 30.9. The SMILES string of the molecule is O=C(N[C@@H](Cc1c(F)c(F)c(F)c(F)c1F)C(=O)OCCOCCOCCO)OCC1c2ccccc2-c2ccccc21. The van der Waals surface area contributed by atoms with E-state index in [0.717, 1.165) is 22.3 Å². The molecular formula is C30H28F5NO7. The van der Waals surface area contributed by atoms with Crippen molar-refractivity contribution in [1.82, 2.24) is 5.32 Å². The van der Waals surface area contributed by atoms with Gasteiger partial charge in [0.05, 0.1) is 33.0 Å². The van der Waals surface area contributed by atoms with Crippen LogP contribution in [0.2, 0.25) is 0 Å². The Morgan fingerprint density at radius 1 is 0.721 bits per heavy atom. The number of carbonyl (C=O) groups is 2. The zero-order valence-corrected chi connectivity index (χ0v) is 22.7. The van der Waals surface area contributed by atoms with Crippen molar-refractivity contribution in [3.8, 4) is 11.1 Å². The Morgan fingerprint density at radius 2 is 1.23 bits per heavy atom. The lowest BCUT2D eigenvalue weighted by Crippen LogP contribution is -2.44. The Bertz CT molecular complexity index is 1380. The monoisotopic (exact) mass is 609 g/mol. The van der Waals surface area contributed by atoms with E-state index in [1.807, 2.05) is 48.5 Å². The first-order valence-electron chi connectivity index (χ1n) is 13.3. The average Bonchev–Trinajstić information content (AvgIpc) is 3.34. The highest BCUT2D eigenvalue weighted by molar-refractivity contribution is 5.82. The fourth-order valence-electron chi connectivity index (χ4n) is 4.70. The molecule has 8 nitrogen and oxygen atoms in total. The third kappa shape index (κ3) is 7.48. The Labute approximate surface area is 243 Å². The van der Waals surface area contributed by atoms with Crippen molar-refractivity contribution < 1.29 is 55.6 Å². The molecule has 0 saturated carbocycles. The summed E-state index contributed by atoms with van der Waals surface area (Å²) in [4.78, 5) is 25.6. The quantitative estimate of drug-likeness (QED) is 0.0919. The van der Waals surface area contributed by atoms with Crippen LogP contribution in [0.15, 0.2) is 48.5 Å². The first-order valence-corrected chi connectivity index (χ1v) is 13.3.